The van der Waals surface area contributed by atoms with Crippen LogP contribution < -0.4 is 4.74 Å². The van der Waals surface area contributed by atoms with Gasteiger partial charge in [-0.15, -0.1) is 0 Å². The summed E-state index contributed by atoms with van der Waals surface area (Å²) in [6.45, 7) is 1.90. The molecule has 4 nitrogen and oxygen atoms in total. The van der Waals surface area contributed by atoms with Crippen molar-refractivity contribution >= 4 is 6.29 Å². The number of aldehydes is 1. The number of hydrogen-bond donors (Lipinski definition) is 0. The van der Waals surface area contributed by atoms with Crippen molar-refractivity contribution in [1.82, 2.24) is 9.97 Å². The monoisotopic (exact) mass is 228 g/mol. The van der Waals surface area contributed by atoms with Gasteiger partial charge in [-0.3, -0.25) is 4.79 Å². The highest BCUT2D eigenvalue weighted by atomic mass is 16.5. The van der Waals surface area contributed by atoms with Crippen molar-refractivity contribution in [3.63, 3.8) is 0 Å². The first-order valence-corrected chi connectivity index (χ1v) is 5.17. The Hall–Kier alpha value is -2.23. The first-order valence-electron chi connectivity index (χ1n) is 5.17. The lowest BCUT2D eigenvalue weighted by molar-refractivity contribution is 0.112. The van der Waals surface area contributed by atoms with Crippen LogP contribution in [0.3, 0.4) is 0 Å². The van der Waals surface area contributed by atoms with E-state index >= 15 is 0 Å². The molecule has 0 saturated heterocycles. The van der Waals surface area contributed by atoms with Gasteiger partial charge < -0.3 is 4.74 Å². The highest BCUT2D eigenvalue weighted by molar-refractivity contribution is 5.79. The fourth-order valence-electron chi connectivity index (χ4n) is 1.56. The SMILES string of the molecule is COc1ncc(-c2ccc(C=O)c(C)c2)cn1. The van der Waals surface area contributed by atoms with Crippen molar-refractivity contribution in [1.29, 1.82) is 0 Å². The third-order valence-electron chi connectivity index (χ3n) is 2.54. The van der Waals surface area contributed by atoms with Crippen LogP contribution in [0.25, 0.3) is 11.1 Å². The Balaban J connectivity index is 2.38. The van der Waals surface area contributed by atoms with E-state index in [9.17, 15) is 4.79 Å². The summed E-state index contributed by atoms with van der Waals surface area (Å²) < 4.78 is 4.90. The fourth-order valence-corrected chi connectivity index (χ4v) is 1.56. The van der Waals surface area contributed by atoms with Gasteiger partial charge in [0, 0.05) is 23.5 Å². The van der Waals surface area contributed by atoms with Gasteiger partial charge in [-0.1, -0.05) is 18.2 Å². The van der Waals surface area contributed by atoms with E-state index in [4.69, 9.17) is 4.74 Å². The van der Waals surface area contributed by atoms with Gasteiger partial charge in [0.2, 0.25) is 0 Å². The van der Waals surface area contributed by atoms with E-state index in [0.717, 1.165) is 23.0 Å². The molecule has 0 unspecified atom stereocenters. The van der Waals surface area contributed by atoms with Gasteiger partial charge in [0.25, 0.3) is 0 Å². The van der Waals surface area contributed by atoms with Crippen LogP contribution in [0.4, 0.5) is 0 Å². The lowest BCUT2D eigenvalue weighted by Crippen LogP contribution is -1.92. The van der Waals surface area contributed by atoms with Crippen molar-refractivity contribution in [2.75, 3.05) is 7.11 Å². The van der Waals surface area contributed by atoms with E-state index in [1.165, 1.54) is 7.11 Å². The van der Waals surface area contributed by atoms with Crippen LogP contribution in [-0.4, -0.2) is 23.4 Å². The normalized spacial score (nSPS) is 10.0. The van der Waals surface area contributed by atoms with E-state index in [2.05, 4.69) is 9.97 Å². The van der Waals surface area contributed by atoms with Crippen LogP contribution in [-0.2, 0) is 0 Å². The van der Waals surface area contributed by atoms with Crippen molar-refractivity contribution < 1.29 is 9.53 Å². The Labute approximate surface area is 99.3 Å². The van der Waals surface area contributed by atoms with Crippen molar-refractivity contribution in [3.05, 3.63) is 41.7 Å². The van der Waals surface area contributed by atoms with Gasteiger partial charge in [0.05, 0.1) is 7.11 Å². The largest absolute Gasteiger partial charge is 0.467 e. The molecular formula is C13H12N2O2. The number of ether oxygens (including phenoxy) is 1. The first kappa shape index (κ1) is 11.3. The lowest BCUT2D eigenvalue weighted by Gasteiger charge is -2.04. The fraction of sp³-hybridized carbons (Fsp3) is 0.154. The topological polar surface area (TPSA) is 52.1 Å². The molecule has 0 atom stereocenters. The molecule has 2 rings (SSSR count). The molecule has 17 heavy (non-hydrogen) atoms. The van der Waals surface area contributed by atoms with Crippen molar-refractivity contribution in [2.45, 2.75) is 6.92 Å². The minimum Gasteiger partial charge on any atom is -0.467 e. The first-order chi connectivity index (χ1) is 8.24. The molecule has 1 aromatic carbocycles. The summed E-state index contributed by atoms with van der Waals surface area (Å²) in [5.74, 6) is 0. The summed E-state index contributed by atoms with van der Waals surface area (Å²) in [5.41, 5.74) is 3.51. The molecular weight excluding hydrogens is 216 g/mol. The molecule has 86 valence electrons. The Bertz CT molecular complexity index is 536. The number of methoxy groups -OCH3 is 1. The Kier molecular flexibility index (Phi) is 3.14. The molecule has 0 radical (unpaired) electrons. The van der Waals surface area contributed by atoms with Gasteiger partial charge in [-0.05, 0) is 18.1 Å². The summed E-state index contributed by atoms with van der Waals surface area (Å²) in [4.78, 5) is 18.8. The number of carbonyl (C=O) groups excluding carboxylic acids is 1. The standard InChI is InChI=1S/C13H12N2O2/c1-9-5-10(3-4-11(9)8-16)12-6-14-13(17-2)15-7-12/h3-8H,1-2H3. The molecule has 0 spiro atoms. The van der Waals surface area contributed by atoms with Gasteiger partial charge in [0.15, 0.2) is 0 Å². The van der Waals surface area contributed by atoms with E-state index in [0.29, 0.717) is 11.6 Å². The number of carbonyl (C=O) groups is 1. The zero-order chi connectivity index (χ0) is 12.3. The lowest BCUT2D eigenvalue weighted by atomic mass is 10.0. The number of aryl methyl sites for hydroxylation is 1. The van der Waals surface area contributed by atoms with Crippen molar-refractivity contribution in [2.24, 2.45) is 0 Å². The zero-order valence-electron chi connectivity index (χ0n) is 9.68. The number of aromatic nitrogens is 2. The van der Waals surface area contributed by atoms with Crippen LogP contribution in [0.15, 0.2) is 30.6 Å². The van der Waals surface area contributed by atoms with Gasteiger partial charge in [0.1, 0.15) is 6.29 Å². The Morgan fingerprint density at radius 3 is 2.41 bits per heavy atom. The second-order valence-electron chi connectivity index (χ2n) is 3.65. The molecule has 0 bridgehead atoms. The van der Waals surface area contributed by atoms with Crippen LogP contribution >= 0.6 is 0 Å². The quantitative estimate of drug-likeness (QED) is 0.756. The minimum absolute atomic E-state index is 0.343. The van der Waals surface area contributed by atoms with E-state index in [1.807, 2.05) is 19.1 Å². The molecule has 1 aromatic heterocycles. The van der Waals surface area contributed by atoms with Crippen LogP contribution in [0.5, 0.6) is 6.01 Å². The third-order valence-corrected chi connectivity index (χ3v) is 2.54. The highest BCUT2D eigenvalue weighted by Gasteiger charge is 2.03. The molecule has 0 N–H and O–H groups in total. The molecule has 4 heteroatoms. The van der Waals surface area contributed by atoms with Gasteiger partial charge in [-0.25, -0.2) is 9.97 Å². The average molecular weight is 228 g/mol. The summed E-state index contributed by atoms with van der Waals surface area (Å²) >= 11 is 0. The smallest absolute Gasteiger partial charge is 0.316 e. The van der Waals surface area contributed by atoms with Crippen LogP contribution in [0.1, 0.15) is 15.9 Å². The summed E-state index contributed by atoms with van der Waals surface area (Å²) in [7, 11) is 1.53. The maximum Gasteiger partial charge on any atom is 0.316 e. The van der Waals surface area contributed by atoms with Crippen LogP contribution in [0, 0.1) is 6.92 Å². The second kappa shape index (κ2) is 4.74. The molecule has 0 saturated carbocycles. The second-order valence-corrected chi connectivity index (χ2v) is 3.65. The Morgan fingerprint density at radius 1 is 1.18 bits per heavy atom. The molecule has 0 aliphatic carbocycles. The van der Waals surface area contributed by atoms with Gasteiger partial charge >= 0.3 is 6.01 Å². The van der Waals surface area contributed by atoms with E-state index < -0.39 is 0 Å². The highest BCUT2D eigenvalue weighted by Crippen LogP contribution is 2.21. The van der Waals surface area contributed by atoms with E-state index in [1.54, 1.807) is 18.5 Å². The summed E-state index contributed by atoms with van der Waals surface area (Å²) in [5, 5.41) is 0. The predicted molar refractivity (Wildman–Crippen MR) is 64.1 cm³/mol. The minimum atomic E-state index is 0.343. The molecule has 1 heterocycles. The summed E-state index contributed by atoms with van der Waals surface area (Å²) in [6.07, 6.45) is 4.24. The molecule has 0 aliphatic heterocycles. The number of nitrogens with zero attached hydrogens (tertiary/aromatic N) is 2. The molecule has 0 aliphatic rings. The predicted octanol–water partition coefficient (Wildman–Crippen LogP) is 2.27. The molecule has 0 fully saturated rings. The Morgan fingerprint density at radius 2 is 1.88 bits per heavy atom. The number of hydrogen-bond acceptors (Lipinski definition) is 4. The van der Waals surface area contributed by atoms with Crippen LogP contribution in [0.2, 0.25) is 0 Å². The molecule has 2 aromatic rings. The maximum absolute atomic E-state index is 10.7. The average Bonchev–Trinajstić information content (AvgIpc) is 2.39. The maximum atomic E-state index is 10.7. The van der Waals surface area contributed by atoms with Gasteiger partial charge in [-0.2, -0.15) is 0 Å². The number of rotatable bonds is 3. The van der Waals surface area contributed by atoms with Crippen molar-refractivity contribution in [3.8, 4) is 17.1 Å². The summed E-state index contributed by atoms with van der Waals surface area (Å²) in [6, 6.07) is 5.95. The van der Waals surface area contributed by atoms with E-state index in [-0.39, 0.29) is 0 Å². The molecule has 0 amide bonds. The number of benzene rings is 1. The third kappa shape index (κ3) is 2.30. The zero-order valence-corrected chi connectivity index (χ0v) is 9.68.